The smallest absolute Gasteiger partial charge is 0.330 e. The third-order valence-electron chi connectivity index (χ3n) is 2.55. The molecule has 0 fully saturated rings. The van der Waals surface area contributed by atoms with Crippen molar-refractivity contribution in [2.24, 2.45) is 0 Å². The number of carbonyl (C=O) groups is 1. The van der Waals surface area contributed by atoms with Crippen LogP contribution in [0.15, 0.2) is 43.7 Å². The number of rotatable bonds is 4. The predicted molar refractivity (Wildman–Crippen MR) is 90.2 cm³/mol. The second kappa shape index (κ2) is 7.29. The van der Waals surface area contributed by atoms with E-state index in [4.69, 9.17) is 20.8 Å². The molecule has 2 aromatic rings. The minimum atomic E-state index is -0.409. The summed E-state index contributed by atoms with van der Waals surface area (Å²) in [7, 11) is 0. The quantitative estimate of drug-likeness (QED) is 0.458. The lowest BCUT2D eigenvalue weighted by Gasteiger charge is -2.02. The maximum atomic E-state index is 11.3. The lowest BCUT2D eigenvalue weighted by atomic mass is 10.2. The Morgan fingerprint density at radius 3 is 2.81 bits per heavy atom. The van der Waals surface area contributed by atoms with E-state index < -0.39 is 5.97 Å². The van der Waals surface area contributed by atoms with Crippen LogP contribution in [-0.2, 0) is 9.53 Å². The number of carbonyl (C=O) groups excluding carboxylic acids is 1. The van der Waals surface area contributed by atoms with Gasteiger partial charge < -0.3 is 9.15 Å². The van der Waals surface area contributed by atoms with Crippen LogP contribution in [0.3, 0.4) is 0 Å². The number of esters is 1. The summed E-state index contributed by atoms with van der Waals surface area (Å²) in [6, 6.07) is 7.29. The van der Waals surface area contributed by atoms with Gasteiger partial charge in [0.1, 0.15) is 11.5 Å². The standard InChI is InChI=1S/C15H11Br2ClO3/c1-2-20-14(19)6-4-10-8-12(17)15(21-10)11-5-3-9(16)7-13(11)18/h3-8H,2H2,1H3/b6-4+. The van der Waals surface area contributed by atoms with Crippen LogP contribution < -0.4 is 0 Å². The van der Waals surface area contributed by atoms with Gasteiger partial charge >= 0.3 is 5.97 Å². The summed E-state index contributed by atoms with van der Waals surface area (Å²) in [6.45, 7) is 2.09. The van der Waals surface area contributed by atoms with Gasteiger partial charge in [-0.15, -0.1) is 0 Å². The third kappa shape index (κ3) is 4.22. The summed E-state index contributed by atoms with van der Waals surface area (Å²) >= 11 is 13.0. The van der Waals surface area contributed by atoms with Crippen LogP contribution >= 0.6 is 43.5 Å². The fourth-order valence-electron chi connectivity index (χ4n) is 1.67. The van der Waals surface area contributed by atoms with Crippen molar-refractivity contribution in [1.29, 1.82) is 0 Å². The molecular formula is C15H11Br2ClO3. The lowest BCUT2D eigenvalue weighted by molar-refractivity contribution is -0.137. The molecule has 1 aromatic heterocycles. The zero-order chi connectivity index (χ0) is 15.4. The van der Waals surface area contributed by atoms with Gasteiger partial charge in [-0.1, -0.05) is 27.5 Å². The van der Waals surface area contributed by atoms with E-state index >= 15 is 0 Å². The first kappa shape index (κ1) is 16.3. The number of hydrogen-bond acceptors (Lipinski definition) is 3. The van der Waals surface area contributed by atoms with Crippen LogP contribution in [0.2, 0.25) is 5.02 Å². The largest absolute Gasteiger partial charge is 0.463 e. The summed E-state index contributed by atoms with van der Waals surface area (Å²) in [6.07, 6.45) is 2.88. The van der Waals surface area contributed by atoms with E-state index in [9.17, 15) is 4.79 Å². The molecule has 0 aliphatic carbocycles. The Bertz CT molecular complexity index is 692. The molecule has 3 nitrogen and oxygen atoms in total. The van der Waals surface area contributed by atoms with Gasteiger partial charge in [-0.05, 0) is 53.2 Å². The molecule has 21 heavy (non-hydrogen) atoms. The fourth-order valence-corrected chi connectivity index (χ4v) is 2.95. The highest BCUT2D eigenvalue weighted by atomic mass is 79.9. The predicted octanol–water partition coefficient (Wildman–Crippen LogP) is 5.70. The number of hydrogen-bond donors (Lipinski definition) is 0. The molecule has 0 unspecified atom stereocenters. The summed E-state index contributed by atoms with van der Waals surface area (Å²) in [5.74, 6) is 0.730. The van der Waals surface area contributed by atoms with Gasteiger partial charge in [0.25, 0.3) is 0 Å². The van der Waals surface area contributed by atoms with Crippen molar-refractivity contribution in [3.63, 3.8) is 0 Å². The molecule has 0 spiro atoms. The van der Waals surface area contributed by atoms with Crippen molar-refractivity contribution >= 4 is 55.5 Å². The van der Waals surface area contributed by atoms with Gasteiger partial charge in [-0.2, -0.15) is 0 Å². The van der Waals surface area contributed by atoms with Crippen LogP contribution in [-0.4, -0.2) is 12.6 Å². The molecule has 0 atom stereocenters. The van der Waals surface area contributed by atoms with Crippen molar-refractivity contribution in [3.05, 3.63) is 50.1 Å². The van der Waals surface area contributed by atoms with E-state index in [0.29, 0.717) is 23.2 Å². The van der Waals surface area contributed by atoms with Gasteiger partial charge in [0, 0.05) is 16.1 Å². The average molecular weight is 435 g/mol. The SMILES string of the molecule is CCOC(=O)/C=C/c1cc(Br)c(-c2ccc(Br)cc2Cl)o1. The highest BCUT2D eigenvalue weighted by Crippen LogP contribution is 2.37. The highest BCUT2D eigenvalue weighted by Gasteiger charge is 2.13. The van der Waals surface area contributed by atoms with E-state index in [-0.39, 0.29) is 0 Å². The number of benzene rings is 1. The van der Waals surface area contributed by atoms with E-state index in [1.54, 1.807) is 25.1 Å². The van der Waals surface area contributed by atoms with Crippen LogP contribution in [0.25, 0.3) is 17.4 Å². The summed E-state index contributed by atoms with van der Waals surface area (Å²) in [4.78, 5) is 11.3. The third-order valence-corrected chi connectivity index (χ3v) is 3.95. The van der Waals surface area contributed by atoms with Gasteiger partial charge in [0.2, 0.25) is 0 Å². The molecular weight excluding hydrogens is 423 g/mol. The van der Waals surface area contributed by atoms with E-state index in [1.165, 1.54) is 6.08 Å². The Morgan fingerprint density at radius 2 is 2.14 bits per heavy atom. The molecule has 0 N–H and O–H groups in total. The Balaban J connectivity index is 2.29. The lowest BCUT2D eigenvalue weighted by Crippen LogP contribution is -1.98. The van der Waals surface area contributed by atoms with Crippen molar-refractivity contribution in [1.82, 2.24) is 0 Å². The van der Waals surface area contributed by atoms with Crippen LogP contribution in [0.4, 0.5) is 0 Å². The maximum absolute atomic E-state index is 11.3. The van der Waals surface area contributed by atoms with Gasteiger partial charge in [-0.25, -0.2) is 4.79 Å². The molecule has 0 aliphatic rings. The molecule has 1 aromatic carbocycles. The van der Waals surface area contributed by atoms with E-state index in [2.05, 4.69) is 31.9 Å². The molecule has 0 radical (unpaired) electrons. The molecule has 0 saturated carbocycles. The highest BCUT2D eigenvalue weighted by molar-refractivity contribution is 9.10. The average Bonchev–Trinajstić information content (AvgIpc) is 2.78. The Kier molecular flexibility index (Phi) is 5.67. The molecule has 2 rings (SSSR count). The molecule has 110 valence electrons. The molecule has 6 heteroatoms. The second-order valence-corrected chi connectivity index (χ2v) is 6.21. The van der Waals surface area contributed by atoms with E-state index in [1.807, 2.05) is 12.1 Å². The van der Waals surface area contributed by atoms with Gasteiger partial charge in [0.05, 0.1) is 16.1 Å². The van der Waals surface area contributed by atoms with Gasteiger partial charge in [-0.3, -0.25) is 0 Å². The topological polar surface area (TPSA) is 39.4 Å². The minimum absolute atomic E-state index is 0.338. The second-order valence-electron chi connectivity index (χ2n) is 4.04. The van der Waals surface area contributed by atoms with Gasteiger partial charge in [0.15, 0.2) is 0 Å². The number of halogens is 3. The Hall–Kier alpha value is -1.04. The first-order valence-electron chi connectivity index (χ1n) is 6.11. The number of furan rings is 1. The molecule has 0 amide bonds. The van der Waals surface area contributed by atoms with E-state index in [0.717, 1.165) is 14.5 Å². The van der Waals surface area contributed by atoms with Crippen LogP contribution in [0.5, 0.6) is 0 Å². The summed E-state index contributed by atoms with van der Waals surface area (Å²) < 4.78 is 12.2. The zero-order valence-electron chi connectivity index (χ0n) is 11.0. The minimum Gasteiger partial charge on any atom is -0.463 e. The Morgan fingerprint density at radius 1 is 1.38 bits per heavy atom. The van der Waals surface area contributed by atoms with Crippen molar-refractivity contribution < 1.29 is 13.9 Å². The Labute approximate surface area is 144 Å². The molecule has 0 saturated heterocycles. The van der Waals surface area contributed by atoms with Crippen molar-refractivity contribution in [3.8, 4) is 11.3 Å². The van der Waals surface area contributed by atoms with Crippen molar-refractivity contribution in [2.75, 3.05) is 6.61 Å². The monoisotopic (exact) mass is 432 g/mol. The fraction of sp³-hybridized carbons (Fsp3) is 0.133. The first-order valence-corrected chi connectivity index (χ1v) is 8.07. The van der Waals surface area contributed by atoms with Crippen molar-refractivity contribution in [2.45, 2.75) is 6.92 Å². The summed E-state index contributed by atoms with van der Waals surface area (Å²) in [5, 5.41) is 0.570. The zero-order valence-corrected chi connectivity index (χ0v) is 15.0. The normalized spacial score (nSPS) is 11.0. The summed E-state index contributed by atoms with van der Waals surface area (Å²) in [5.41, 5.74) is 0.766. The number of ether oxygens (including phenoxy) is 1. The maximum Gasteiger partial charge on any atom is 0.330 e. The van der Waals surface area contributed by atoms with Crippen LogP contribution in [0.1, 0.15) is 12.7 Å². The van der Waals surface area contributed by atoms with Crippen LogP contribution in [0, 0.1) is 0 Å². The molecule has 0 bridgehead atoms. The first-order chi connectivity index (χ1) is 10.0. The molecule has 0 aliphatic heterocycles. The molecule has 1 heterocycles.